The monoisotopic (exact) mass is 304 g/mol. The Morgan fingerprint density at radius 1 is 1.10 bits per heavy atom. The van der Waals surface area contributed by atoms with E-state index in [9.17, 15) is 0 Å². The van der Waals surface area contributed by atoms with Crippen LogP contribution in [0.5, 0.6) is 0 Å². The highest BCUT2D eigenvalue weighted by Gasteiger charge is 2.05. The summed E-state index contributed by atoms with van der Waals surface area (Å²) in [6.07, 6.45) is 0. The fraction of sp³-hybridized carbons (Fsp3) is 0.188. The lowest BCUT2D eigenvalue weighted by molar-refractivity contribution is 0.319. The maximum absolute atomic E-state index is 6.17. The summed E-state index contributed by atoms with van der Waals surface area (Å²) in [6, 6.07) is 15.9. The van der Waals surface area contributed by atoms with Gasteiger partial charge in [0.15, 0.2) is 0 Å². The van der Waals surface area contributed by atoms with E-state index in [-0.39, 0.29) is 0 Å². The summed E-state index contributed by atoms with van der Waals surface area (Å²) in [4.78, 5) is 2.65. The summed E-state index contributed by atoms with van der Waals surface area (Å²) in [5.41, 5.74) is 8.85. The molecule has 0 atom stereocenters. The number of nitrogens with zero attached hydrogens (tertiary/aromatic N) is 1. The Bertz CT molecular complexity index is 596. The van der Waals surface area contributed by atoms with Crippen LogP contribution < -0.4 is 5.73 Å². The molecule has 0 heterocycles. The molecule has 0 amide bonds. The quantitative estimate of drug-likeness (QED) is 0.856. The van der Waals surface area contributed by atoms with Crippen LogP contribution in [0.1, 0.15) is 16.7 Å². The molecular formula is C16H17ClN2S. The predicted molar refractivity (Wildman–Crippen MR) is 89.0 cm³/mol. The van der Waals surface area contributed by atoms with Crippen molar-refractivity contribution in [2.24, 2.45) is 5.73 Å². The zero-order valence-corrected chi connectivity index (χ0v) is 12.9. The van der Waals surface area contributed by atoms with Crippen molar-refractivity contribution < 1.29 is 0 Å². The standard InChI is InChI=1S/C16H17ClN2S/c1-19(11-14-4-2-3-5-15(14)17)10-12-6-8-13(9-7-12)16(18)20/h2-9H,10-11H2,1H3,(H2,18,20). The van der Waals surface area contributed by atoms with Crippen LogP contribution in [0.2, 0.25) is 5.02 Å². The number of nitrogens with two attached hydrogens (primary N) is 1. The number of rotatable bonds is 5. The molecule has 20 heavy (non-hydrogen) atoms. The Kier molecular flexibility index (Phi) is 5.12. The minimum absolute atomic E-state index is 0.431. The molecule has 2 N–H and O–H groups in total. The van der Waals surface area contributed by atoms with Gasteiger partial charge in [-0.3, -0.25) is 4.90 Å². The second-order valence-electron chi connectivity index (χ2n) is 4.82. The molecule has 0 spiro atoms. The van der Waals surface area contributed by atoms with E-state index in [0.717, 1.165) is 29.2 Å². The van der Waals surface area contributed by atoms with E-state index in [1.807, 2.05) is 30.3 Å². The van der Waals surface area contributed by atoms with Crippen molar-refractivity contribution in [3.63, 3.8) is 0 Å². The maximum atomic E-state index is 6.17. The van der Waals surface area contributed by atoms with Crippen molar-refractivity contribution in [1.29, 1.82) is 0 Å². The largest absolute Gasteiger partial charge is 0.389 e. The van der Waals surface area contributed by atoms with Crippen LogP contribution in [0, 0.1) is 0 Å². The molecule has 0 fully saturated rings. The second-order valence-corrected chi connectivity index (χ2v) is 5.67. The fourth-order valence-electron chi connectivity index (χ4n) is 2.06. The van der Waals surface area contributed by atoms with Crippen molar-refractivity contribution in [3.8, 4) is 0 Å². The fourth-order valence-corrected chi connectivity index (χ4v) is 2.39. The lowest BCUT2D eigenvalue weighted by atomic mass is 10.1. The van der Waals surface area contributed by atoms with Crippen molar-refractivity contribution >= 4 is 28.8 Å². The Hall–Kier alpha value is -1.42. The van der Waals surface area contributed by atoms with Gasteiger partial charge in [-0.25, -0.2) is 0 Å². The first kappa shape index (κ1) is 15.0. The minimum Gasteiger partial charge on any atom is -0.389 e. The van der Waals surface area contributed by atoms with Gasteiger partial charge in [0, 0.05) is 23.7 Å². The number of halogens is 1. The van der Waals surface area contributed by atoms with Gasteiger partial charge in [-0.1, -0.05) is 66.3 Å². The molecule has 0 saturated heterocycles. The topological polar surface area (TPSA) is 29.3 Å². The minimum atomic E-state index is 0.431. The molecule has 2 rings (SSSR count). The van der Waals surface area contributed by atoms with E-state index < -0.39 is 0 Å². The lowest BCUT2D eigenvalue weighted by Gasteiger charge is -2.17. The average molecular weight is 305 g/mol. The van der Waals surface area contributed by atoms with E-state index in [1.165, 1.54) is 5.56 Å². The van der Waals surface area contributed by atoms with Gasteiger partial charge in [0.05, 0.1) is 0 Å². The second kappa shape index (κ2) is 6.84. The maximum Gasteiger partial charge on any atom is 0.103 e. The van der Waals surface area contributed by atoms with Crippen LogP contribution in [-0.2, 0) is 13.1 Å². The van der Waals surface area contributed by atoms with Crippen LogP contribution >= 0.6 is 23.8 Å². The summed E-state index contributed by atoms with van der Waals surface area (Å²) < 4.78 is 0. The zero-order chi connectivity index (χ0) is 14.5. The van der Waals surface area contributed by atoms with E-state index in [1.54, 1.807) is 0 Å². The van der Waals surface area contributed by atoms with Gasteiger partial charge in [0.1, 0.15) is 4.99 Å². The van der Waals surface area contributed by atoms with Crippen LogP contribution in [-0.4, -0.2) is 16.9 Å². The van der Waals surface area contributed by atoms with Gasteiger partial charge < -0.3 is 5.73 Å². The van der Waals surface area contributed by atoms with Gasteiger partial charge in [0.25, 0.3) is 0 Å². The van der Waals surface area contributed by atoms with Gasteiger partial charge in [-0.2, -0.15) is 0 Å². The average Bonchev–Trinajstić information content (AvgIpc) is 2.42. The normalized spacial score (nSPS) is 10.8. The zero-order valence-electron chi connectivity index (χ0n) is 11.3. The Balaban J connectivity index is 1.99. The van der Waals surface area contributed by atoms with Gasteiger partial charge in [0.2, 0.25) is 0 Å². The van der Waals surface area contributed by atoms with Crippen molar-refractivity contribution in [1.82, 2.24) is 4.90 Å². The van der Waals surface area contributed by atoms with Gasteiger partial charge in [-0.05, 0) is 24.2 Å². The third-order valence-electron chi connectivity index (χ3n) is 3.09. The molecule has 104 valence electrons. The molecule has 2 aromatic carbocycles. The molecule has 0 aliphatic carbocycles. The van der Waals surface area contributed by atoms with Crippen molar-refractivity contribution in [2.45, 2.75) is 13.1 Å². The van der Waals surface area contributed by atoms with Crippen LogP contribution in [0.3, 0.4) is 0 Å². The molecule has 0 unspecified atom stereocenters. The summed E-state index contributed by atoms with van der Waals surface area (Å²) in [7, 11) is 2.07. The summed E-state index contributed by atoms with van der Waals surface area (Å²) in [5.74, 6) is 0. The number of hydrogen-bond acceptors (Lipinski definition) is 2. The molecule has 0 radical (unpaired) electrons. The third-order valence-corrected chi connectivity index (χ3v) is 3.69. The molecule has 2 nitrogen and oxygen atoms in total. The first-order chi connectivity index (χ1) is 9.56. The lowest BCUT2D eigenvalue weighted by Crippen LogP contribution is -2.17. The van der Waals surface area contributed by atoms with Crippen molar-refractivity contribution in [2.75, 3.05) is 7.05 Å². The number of benzene rings is 2. The molecular weight excluding hydrogens is 288 g/mol. The summed E-state index contributed by atoms with van der Waals surface area (Å²) in [5, 5.41) is 0.808. The smallest absolute Gasteiger partial charge is 0.103 e. The van der Waals surface area contributed by atoms with Crippen LogP contribution in [0.4, 0.5) is 0 Å². The molecule has 4 heteroatoms. The Morgan fingerprint density at radius 3 is 2.35 bits per heavy atom. The molecule has 2 aromatic rings. The molecule has 0 saturated carbocycles. The van der Waals surface area contributed by atoms with E-state index in [4.69, 9.17) is 29.6 Å². The predicted octanol–water partition coefficient (Wildman–Crippen LogP) is 3.61. The molecule has 0 aliphatic rings. The highest BCUT2D eigenvalue weighted by atomic mass is 35.5. The van der Waals surface area contributed by atoms with E-state index in [0.29, 0.717) is 4.99 Å². The van der Waals surface area contributed by atoms with Gasteiger partial charge >= 0.3 is 0 Å². The van der Waals surface area contributed by atoms with Gasteiger partial charge in [-0.15, -0.1) is 0 Å². The third kappa shape index (κ3) is 4.04. The van der Waals surface area contributed by atoms with Crippen LogP contribution in [0.25, 0.3) is 0 Å². The first-order valence-corrected chi connectivity index (χ1v) is 7.15. The molecule has 0 bridgehead atoms. The summed E-state index contributed by atoms with van der Waals surface area (Å²) >= 11 is 11.1. The Morgan fingerprint density at radius 2 is 1.75 bits per heavy atom. The van der Waals surface area contributed by atoms with E-state index in [2.05, 4.69) is 30.1 Å². The van der Waals surface area contributed by atoms with Crippen molar-refractivity contribution in [3.05, 3.63) is 70.2 Å². The molecule has 0 aliphatic heterocycles. The SMILES string of the molecule is CN(Cc1ccc(C(N)=S)cc1)Cc1ccccc1Cl. The highest BCUT2D eigenvalue weighted by Crippen LogP contribution is 2.17. The van der Waals surface area contributed by atoms with Crippen LogP contribution in [0.15, 0.2) is 48.5 Å². The first-order valence-electron chi connectivity index (χ1n) is 6.37. The van der Waals surface area contributed by atoms with E-state index >= 15 is 0 Å². The Labute approximate surface area is 130 Å². The highest BCUT2D eigenvalue weighted by molar-refractivity contribution is 7.80. The number of thiocarbonyl (C=S) groups is 1. The summed E-state index contributed by atoms with van der Waals surface area (Å²) in [6.45, 7) is 1.67. The number of hydrogen-bond donors (Lipinski definition) is 1. The molecule has 0 aromatic heterocycles.